The number of nitrogens with zero attached hydrogens (tertiary/aromatic N) is 2. The van der Waals surface area contributed by atoms with Crippen molar-refractivity contribution in [2.24, 2.45) is 5.73 Å². The molecule has 0 spiro atoms. The fourth-order valence-corrected chi connectivity index (χ4v) is 3.80. The number of rotatable bonds is 5. The molecule has 4 N–H and O–H groups in total. The summed E-state index contributed by atoms with van der Waals surface area (Å²) in [7, 11) is -4.81. The molecular formula is C12H20N4O7S. The second kappa shape index (κ2) is 6.44. The van der Waals surface area contributed by atoms with Crippen LogP contribution in [0, 0.1) is 0 Å². The molecule has 2 aliphatic heterocycles. The highest BCUT2D eigenvalue weighted by atomic mass is 32.3. The molecule has 3 fully saturated rings. The summed E-state index contributed by atoms with van der Waals surface area (Å²) in [4.78, 5) is 31.0. The highest BCUT2D eigenvalue weighted by Crippen LogP contribution is 2.30. The quantitative estimate of drug-likeness (QED) is 0.411. The zero-order valence-electron chi connectivity index (χ0n) is 12.8. The van der Waals surface area contributed by atoms with Gasteiger partial charge in [-0.3, -0.25) is 14.2 Å². The van der Waals surface area contributed by atoms with Gasteiger partial charge in [0.15, 0.2) is 0 Å². The summed E-state index contributed by atoms with van der Waals surface area (Å²) >= 11 is 0. The number of nitrogens with one attached hydrogen (secondary N) is 1. The van der Waals surface area contributed by atoms with E-state index in [4.69, 9.17) is 15.1 Å². The number of hydrogen-bond acceptors (Lipinski definition) is 7. The predicted octanol–water partition coefficient (Wildman–Crippen LogP) is -1.08. The van der Waals surface area contributed by atoms with E-state index in [1.165, 1.54) is 4.90 Å². The van der Waals surface area contributed by atoms with Crippen molar-refractivity contribution in [2.75, 3.05) is 6.54 Å². The van der Waals surface area contributed by atoms with Crippen molar-refractivity contribution in [3.05, 3.63) is 0 Å². The molecule has 11 nitrogen and oxygen atoms in total. The topological polar surface area (TPSA) is 151 Å². The van der Waals surface area contributed by atoms with Crippen LogP contribution in [0.4, 0.5) is 4.79 Å². The Balaban J connectivity index is 1.60. The number of fused-ring (bicyclic) bond motifs is 2. The van der Waals surface area contributed by atoms with Gasteiger partial charge in [0.2, 0.25) is 0 Å². The van der Waals surface area contributed by atoms with E-state index < -0.39 is 34.4 Å². The van der Waals surface area contributed by atoms with Crippen LogP contribution in [0.15, 0.2) is 0 Å². The summed E-state index contributed by atoms with van der Waals surface area (Å²) in [5.74, 6) is -0.491. The first-order valence-corrected chi connectivity index (χ1v) is 9.10. The standard InChI is InChI=1S/C12H20N4O7S/c13-8-2-1-3-10(8)22-14-11(17)9-5-4-7-6-15(9)12(18)16(7)23-24(19,20)21/h7-10H,1-6,13H2,(H,14,17)(H,19,20,21). The van der Waals surface area contributed by atoms with Gasteiger partial charge in [-0.1, -0.05) is 0 Å². The van der Waals surface area contributed by atoms with Gasteiger partial charge in [0.1, 0.15) is 12.1 Å². The Morgan fingerprint density at radius 1 is 1.29 bits per heavy atom. The molecule has 3 aliphatic rings. The lowest BCUT2D eigenvalue weighted by Gasteiger charge is -2.29. The number of nitrogens with two attached hydrogens (primary N) is 1. The van der Waals surface area contributed by atoms with Gasteiger partial charge in [0.05, 0.1) is 6.04 Å². The average molecular weight is 364 g/mol. The van der Waals surface area contributed by atoms with Gasteiger partial charge >= 0.3 is 16.4 Å². The van der Waals surface area contributed by atoms with Crippen LogP contribution in [0.25, 0.3) is 0 Å². The molecule has 4 atom stereocenters. The second-order valence-corrected chi connectivity index (χ2v) is 7.23. The number of carbonyl (C=O) groups is 2. The van der Waals surface area contributed by atoms with Gasteiger partial charge < -0.3 is 10.6 Å². The van der Waals surface area contributed by atoms with Gasteiger partial charge in [-0.2, -0.15) is 13.5 Å². The van der Waals surface area contributed by atoms with Crippen LogP contribution in [0.2, 0.25) is 0 Å². The van der Waals surface area contributed by atoms with E-state index in [1.54, 1.807) is 0 Å². The third-order valence-electron chi connectivity index (χ3n) is 4.61. The molecule has 1 aliphatic carbocycles. The van der Waals surface area contributed by atoms with Crippen LogP contribution in [-0.4, -0.2) is 65.6 Å². The fourth-order valence-electron chi connectivity index (χ4n) is 3.41. The van der Waals surface area contributed by atoms with Gasteiger partial charge in [-0.05, 0) is 32.1 Å². The van der Waals surface area contributed by atoms with E-state index in [0.717, 1.165) is 19.3 Å². The van der Waals surface area contributed by atoms with Gasteiger partial charge in [-0.15, -0.1) is 4.28 Å². The molecule has 3 rings (SSSR count). The molecule has 0 aromatic carbocycles. The Morgan fingerprint density at radius 2 is 2.04 bits per heavy atom. The highest BCUT2D eigenvalue weighted by Gasteiger charge is 2.49. The summed E-state index contributed by atoms with van der Waals surface area (Å²) in [5, 5.41) is 0.594. The van der Waals surface area contributed by atoms with E-state index in [2.05, 4.69) is 9.76 Å². The van der Waals surface area contributed by atoms with Crippen LogP contribution in [0.5, 0.6) is 0 Å². The summed E-state index contributed by atoms with van der Waals surface area (Å²) in [6, 6.07) is -2.24. The van der Waals surface area contributed by atoms with Crippen LogP contribution in [-0.2, 0) is 24.3 Å². The molecule has 2 bridgehead atoms. The SMILES string of the molecule is NC1CCCC1ONC(=O)C1CCC2CN1C(=O)N2OS(=O)(=O)O. The predicted molar refractivity (Wildman–Crippen MR) is 78.2 cm³/mol. The number of hydroxylamine groups is 3. The fraction of sp³-hybridized carbons (Fsp3) is 0.833. The van der Waals surface area contributed by atoms with Crippen molar-refractivity contribution in [3.63, 3.8) is 0 Å². The first-order chi connectivity index (χ1) is 11.3. The van der Waals surface area contributed by atoms with E-state index in [0.29, 0.717) is 17.9 Å². The Hall–Kier alpha value is -1.47. The maximum absolute atomic E-state index is 12.3. The molecule has 1 saturated carbocycles. The molecule has 2 saturated heterocycles. The maximum atomic E-state index is 12.3. The Labute approximate surface area is 138 Å². The minimum atomic E-state index is -4.81. The van der Waals surface area contributed by atoms with Gasteiger partial charge in [0.25, 0.3) is 5.91 Å². The molecule has 3 amide bonds. The summed E-state index contributed by atoms with van der Waals surface area (Å²) in [5.41, 5.74) is 8.21. The monoisotopic (exact) mass is 364 g/mol. The molecule has 0 aromatic rings. The summed E-state index contributed by atoms with van der Waals surface area (Å²) in [6.07, 6.45) is 2.95. The Bertz CT molecular complexity index is 627. The Kier molecular flexibility index (Phi) is 4.66. The van der Waals surface area contributed by atoms with Gasteiger partial charge in [0, 0.05) is 12.6 Å². The minimum absolute atomic E-state index is 0.131. The van der Waals surface area contributed by atoms with Crippen molar-refractivity contribution in [2.45, 2.75) is 56.3 Å². The normalized spacial score (nSPS) is 33.2. The number of hydrogen-bond donors (Lipinski definition) is 3. The van der Waals surface area contributed by atoms with Crippen molar-refractivity contribution in [1.82, 2.24) is 15.4 Å². The largest absolute Gasteiger partial charge is 0.418 e. The lowest BCUT2D eigenvalue weighted by molar-refractivity contribution is -0.144. The summed E-state index contributed by atoms with van der Waals surface area (Å²) in [6.45, 7) is 0.134. The zero-order valence-corrected chi connectivity index (χ0v) is 13.6. The molecule has 12 heteroatoms. The number of carbonyl (C=O) groups excluding carboxylic acids is 2. The molecule has 0 aromatic heterocycles. The van der Waals surface area contributed by atoms with E-state index in [-0.39, 0.29) is 18.7 Å². The molecule has 136 valence electrons. The molecule has 0 radical (unpaired) electrons. The van der Waals surface area contributed by atoms with Crippen molar-refractivity contribution in [1.29, 1.82) is 0 Å². The third kappa shape index (κ3) is 3.47. The minimum Gasteiger partial charge on any atom is -0.325 e. The molecule has 24 heavy (non-hydrogen) atoms. The number of amides is 3. The highest BCUT2D eigenvalue weighted by molar-refractivity contribution is 7.80. The average Bonchev–Trinajstić information content (AvgIpc) is 3.01. The molecule has 4 unspecified atom stereocenters. The van der Waals surface area contributed by atoms with E-state index in [9.17, 15) is 18.0 Å². The first-order valence-electron chi connectivity index (χ1n) is 7.74. The number of piperidine rings is 1. The van der Waals surface area contributed by atoms with Gasteiger partial charge in [-0.25, -0.2) is 10.3 Å². The van der Waals surface area contributed by atoms with Crippen molar-refractivity contribution < 1.29 is 31.7 Å². The van der Waals surface area contributed by atoms with Crippen LogP contribution >= 0.6 is 0 Å². The lowest BCUT2D eigenvalue weighted by Crippen LogP contribution is -2.51. The van der Waals surface area contributed by atoms with Crippen LogP contribution in [0.1, 0.15) is 32.1 Å². The van der Waals surface area contributed by atoms with Crippen molar-refractivity contribution >= 4 is 22.3 Å². The third-order valence-corrected chi connectivity index (χ3v) is 4.96. The first kappa shape index (κ1) is 17.4. The smallest absolute Gasteiger partial charge is 0.325 e. The van der Waals surface area contributed by atoms with E-state index >= 15 is 0 Å². The van der Waals surface area contributed by atoms with Crippen LogP contribution in [0.3, 0.4) is 0 Å². The molecule has 2 heterocycles. The van der Waals surface area contributed by atoms with Crippen molar-refractivity contribution in [3.8, 4) is 0 Å². The zero-order chi connectivity index (χ0) is 17.5. The Morgan fingerprint density at radius 3 is 2.67 bits per heavy atom. The second-order valence-electron chi connectivity index (χ2n) is 6.23. The van der Waals surface area contributed by atoms with E-state index in [1.807, 2.05) is 0 Å². The maximum Gasteiger partial charge on any atom is 0.418 e. The lowest BCUT2D eigenvalue weighted by atomic mass is 10.0. The number of urea groups is 1. The van der Waals surface area contributed by atoms with Crippen LogP contribution < -0.4 is 11.2 Å². The summed E-state index contributed by atoms with van der Waals surface area (Å²) < 4.78 is 34.7. The molecular weight excluding hydrogens is 344 g/mol.